The van der Waals surface area contributed by atoms with Crippen molar-refractivity contribution < 1.29 is 9.18 Å². The van der Waals surface area contributed by atoms with Crippen molar-refractivity contribution in [3.63, 3.8) is 0 Å². The van der Waals surface area contributed by atoms with E-state index in [2.05, 4.69) is 17.4 Å². The molecule has 0 heterocycles. The number of hydrogen-bond acceptors (Lipinski definition) is 2. The third-order valence-corrected chi connectivity index (χ3v) is 3.98. The molecule has 114 valence electrons. The first kappa shape index (κ1) is 16.3. The monoisotopic (exact) mass is 315 g/mol. The molecule has 0 atom stereocenters. The number of benzene rings is 2. The Hall–Kier alpha value is -2.07. The van der Waals surface area contributed by atoms with Crippen LogP contribution in [0.5, 0.6) is 0 Å². The second-order valence-corrected chi connectivity index (χ2v) is 5.82. The molecule has 0 aliphatic rings. The van der Waals surface area contributed by atoms with Crippen molar-refractivity contribution in [3.05, 3.63) is 77.6 Å². The first-order valence-corrected chi connectivity index (χ1v) is 8.22. The highest BCUT2D eigenvalue weighted by Gasteiger charge is 1.96. The maximum Gasteiger partial charge on any atom is 0.244 e. The molecule has 0 aromatic heterocycles. The molecule has 0 saturated heterocycles. The van der Waals surface area contributed by atoms with E-state index in [9.17, 15) is 9.18 Å². The lowest BCUT2D eigenvalue weighted by Gasteiger charge is -2.03. The molecule has 2 rings (SSSR count). The van der Waals surface area contributed by atoms with Crippen LogP contribution in [0, 0.1) is 5.82 Å². The fraction of sp³-hybridized carbons (Fsp3) is 0.167. The van der Waals surface area contributed by atoms with E-state index < -0.39 is 0 Å². The number of carbonyl (C=O) groups excluding carboxylic acids is 1. The van der Waals surface area contributed by atoms with Crippen LogP contribution in [-0.2, 0) is 10.5 Å². The molecular formula is C18H18FNOS. The van der Waals surface area contributed by atoms with Gasteiger partial charge in [-0.05, 0) is 29.3 Å². The molecule has 0 radical (unpaired) electrons. The van der Waals surface area contributed by atoms with E-state index >= 15 is 0 Å². The Morgan fingerprint density at radius 3 is 2.55 bits per heavy atom. The van der Waals surface area contributed by atoms with E-state index in [0.29, 0.717) is 6.54 Å². The smallest absolute Gasteiger partial charge is 0.244 e. The summed E-state index contributed by atoms with van der Waals surface area (Å²) in [7, 11) is 0. The molecule has 4 heteroatoms. The second kappa shape index (κ2) is 9.05. The summed E-state index contributed by atoms with van der Waals surface area (Å²) in [5.74, 6) is 1.40. The first-order chi connectivity index (χ1) is 10.7. The fourth-order valence-electron chi connectivity index (χ4n) is 1.82. The van der Waals surface area contributed by atoms with Gasteiger partial charge in [0.05, 0.1) is 0 Å². The summed E-state index contributed by atoms with van der Waals surface area (Å²) < 4.78 is 12.7. The van der Waals surface area contributed by atoms with Gasteiger partial charge in [0.25, 0.3) is 0 Å². The number of halogens is 1. The average Bonchev–Trinajstić information content (AvgIpc) is 2.55. The van der Waals surface area contributed by atoms with Crippen LogP contribution in [0.3, 0.4) is 0 Å². The van der Waals surface area contributed by atoms with E-state index in [0.717, 1.165) is 17.1 Å². The zero-order chi connectivity index (χ0) is 15.6. The van der Waals surface area contributed by atoms with Gasteiger partial charge < -0.3 is 5.32 Å². The summed E-state index contributed by atoms with van der Waals surface area (Å²) in [6.07, 6.45) is 3.14. The van der Waals surface area contributed by atoms with E-state index in [4.69, 9.17) is 0 Å². The lowest BCUT2D eigenvalue weighted by atomic mass is 10.2. The van der Waals surface area contributed by atoms with Gasteiger partial charge in [0, 0.05) is 24.1 Å². The Morgan fingerprint density at radius 2 is 1.82 bits per heavy atom. The molecule has 1 N–H and O–H groups in total. The Kier molecular flexibility index (Phi) is 6.71. The van der Waals surface area contributed by atoms with Crippen LogP contribution in [0.2, 0.25) is 0 Å². The number of amides is 1. The molecular weight excluding hydrogens is 297 g/mol. The van der Waals surface area contributed by atoms with E-state index in [1.165, 1.54) is 23.8 Å². The van der Waals surface area contributed by atoms with Crippen molar-refractivity contribution in [1.82, 2.24) is 5.32 Å². The molecule has 1 amide bonds. The van der Waals surface area contributed by atoms with Crippen molar-refractivity contribution in [2.75, 3.05) is 12.3 Å². The quantitative estimate of drug-likeness (QED) is 0.620. The van der Waals surface area contributed by atoms with Crippen LogP contribution < -0.4 is 5.32 Å². The molecule has 2 aromatic carbocycles. The molecule has 0 saturated carbocycles. The Balaban J connectivity index is 1.62. The van der Waals surface area contributed by atoms with Crippen LogP contribution >= 0.6 is 11.8 Å². The summed E-state index contributed by atoms with van der Waals surface area (Å²) in [4.78, 5) is 11.6. The highest BCUT2D eigenvalue weighted by molar-refractivity contribution is 7.98. The minimum Gasteiger partial charge on any atom is -0.352 e. The lowest BCUT2D eigenvalue weighted by Crippen LogP contribution is -2.23. The van der Waals surface area contributed by atoms with E-state index in [1.807, 2.05) is 18.2 Å². The third kappa shape index (κ3) is 6.14. The van der Waals surface area contributed by atoms with Gasteiger partial charge in [-0.15, -0.1) is 0 Å². The first-order valence-electron chi connectivity index (χ1n) is 7.07. The topological polar surface area (TPSA) is 29.1 Å². The van der Waals surface area contributed by atoms with Crippen molar-refractivity contribution in [3.8, 4) is 0 Å². The fourth-order valence-corrected chi connectivity index (χ4v) is 2.63. The summed E-state index contributed by atoms with van der Waals surface area (Å²) >= 11 is 1.78. The molecule has 0 spiro atoms. The predicted molar refractivity (Wildman–Crippen MR) is 91.0 cm³/mol. The third-order valence-electron chi connectivity index (χ3n) is 2.95. The Morgan fingerprint density at radius 1 is 1.09 bits per heavy atom. The molecule has 0 fully saturated rings. The normalized spacial score (nSPS) is 10.8. The second-order valence-electron chi connectivity index (χ2n) is 4.71. The molecule has 0 unspecified atom stereocenters. The van der Waals surface area contributed by atoms with Crippen molar-refractivity contribution in [1.29, 1.82) is 0 Å². The number of carbonyl (C=O) groups is 1. The minimum atomic E-state index is -0.281. The highest BCUT2D eigenvalue weighted by atomic mass is 32.2. The molecule has 0 aliphatic heterocycles. The van der Waals surface area contributed by atoms with E-state index in [-0.39, 0.29) is 11.7 Å². The lowest BCUT2D eigenvalue weighted by molar-refractivity contribution is -0.116. The number of thioether (sulfide) groups is 1. The highest BCUT2D eigenvalue weighted by Crippen LogP contribution is 2.10. The van der Waals surface area contributed by atoms with Crippen LogP contribution in [0.25, 0.3) is 6.08 Å². The maximum absolute atomic E-state index is 12.7. The zero-order valence-corrected chi connectivity index (χ0v) is 13.0. The number of hydrogen-bond donors (Lipinski definition) is 1. The van der Waals surface area contributed by atoms with Crippen molar-refractivity contribution in [2.24, 2.45) is 0 Å². The van der Waals surface area contributed by atoms with Crippen molar-refractivity contribution in [2.45, 2.75) is 5.75 Å². The van der Waals surface area contributed by atoms with Gasteiger partial charge >= 0.3 is 0 Å². The van der Waals surface area contributed by atoms with Crippen LogP contribution in [0.4, 0.5) is 4.39 Å². The van der Waals surface area contributed by atoms with Gasteiger partial charge in [0.15, 0.2) is 0 Å². The largest absolute Gasteiger partial charge is 0.352 e. The zero-order valence-electron chi connectivity index (χ0n) is 12.2. The van der Waals surface area contributed by atoms with Gasteiger partial charge in [0.2, 0.25) is 5.91 Å². The summed E-state index contributed by atoms with van der Waals surface area (Å²) in [6.45, 7) is 0.629. The standard InChI is InChI=1S/C18H18FNOS/c19-17-9-6-15(7-10-17)8-11-18(21)20-12-13-22-14-16-4-2-1-3-5-16/h1-11H,12-14H2,(H,20,21). The molecule has 0 bridgehead atoms. The van der Waals surface area contributed by atoms with Crippen LogP contribution in [0.1, 0.15) is 11.1 Å². The minimum absolute atomic E-state index is 0.135. The summed E-state index contributed by atoms with van der Waals surface area (Å²) in [5, 5.41) is 2.83. The maximum atomic E-state index is 12.7. The summed E-state index contributed by atoms with van der Waals surface area (Å²) in [5.41, 5.74) is 2.09. The molecule has 22 heavy (non-hydrogen) atoms. The van der Waals surface area contributed by atoms with Crippen molar-refractivity contribution >= 4 is 23.7 Å². The van der Waals surface area contributed by atoms with Crippen LogP contribution in [-0.4, -0.2) is 18.2 Å². The SMILES string of the molecule is O=C(C=Cc1ccc(F)cc1)NCCSCc1ccccc1. The predicted octanol–water partition coefficient (Wildman–Crippen LogP) is 3.89. The molecule has 2 nitrogen and oxygen atoms in total. The van der Waals surface area contributed by atoms with E-state index in [1.54, 1.807) is 30.0 Å². The van der Waals surface area contributed by atoms with Gasteiger partial charge in [-0.25, -0.2) is 4.39 Å². The number of nitrogens with one attached hydrogen (secondary N) is 1. The van der Waals surface area contributed by atoms with Gasteiger partial charge in [-0.2, -0.15) is 11.8 Å². The van der Waals surface area contributed by atoms with Crippen LogP contribution in [0.15, 0.2) is 60.7 Å². The van der Waals surface area contributed by atoms with Gasteiger partial charge in [-0.1, -0.05) is 42.5 Å². The van der Waals surface area contributed by atoms with Gasteiger partial charge in [-0.3, -0.25) is 4.79 Å². The molecule has 2 aromatic rings. The average molecular weight is 315 g/mol. The van der Waals surface area contributed by atoms with Gasteiger partial charge in [0.1, 0.15) is 5.82 Å². The Bertz CT molecular complexity index is 611. The summed E-state index contributed by atoms with van der Waals surface area (Å²) in [6, 6.07) is 16.3. The Labute approximate surface area is 134 Å². The number of rotatable bonds is 7. The molecule has 0 aliphatic carbocycles.